The Morgan fingerprint density at radius 3 is 2.36 bits per heavy atom. The molecule has 0 aliphatic carbocycles. The summed E-state index contributed by atoms with van der Waals surface area (Å²) in [7, 11) is 0. The molecule has 0 bridgehead atoms. The Kier molecular flexibility index (Phi) is 9.79. The molecule has 4 aliphatic rings. The SMILES string of the molecule is C=CC1=C(C)[C@@H](CC2N/C(=C/c3[nH]c(/C=C4/NC(=O)[C@H](C)[C@H]4CCS)c(C)c3CCC(=O)O)C(CCC(=O)O)=C2C)N[C@]12O[SH+]2. The van der Waals surface area contributed by atoms with Crippen LogP contribution in [0.4, 0.5) is 0 Å². The van der Waals surface area contributed by atoms with Crippen molar-refractivity contribution in [1.82, 2.24) is 20.9 Å². The molecule has 0 aromatic carbocycles. The van der Waals surface area contributed by atoms with E-state index in [1.54, 1.807) is 0 Å². The molecule has 1 aromatic heterocycles. The topological polar surface area (TPSA) is 156 Å². The third-order valence-corrected chi connectivity index (χ3v) is 10.8. The molecule has 1 aromatic rings. The highest BCUT2D eigenvalue weighted by molar-refractivity contribution is 7.81. The number of carbonyl (C=O) groups is 3. The maximum absolute atomic E-state index is 12.5. The molecular weight excluding hydrogens is 613 g/mol. The number of aromatic nitrogens is 1. The summed E-state index contributed by atoms with van der Waals surface area (Å²) in [6, 6.07) is 0.0215. The molecule has 6 N–H and O–H groups in total. The van der Waals surface area contributed by atoms with Gasteiger partial charge in [-0.2, -0.15) is 12.6 Å². The van der Waals surface area contributed by atoms with Crippen molar-refractivity contribution in [1.29, 1.82) is 0 Å². The molecule has 10 nitrogen and oxygen atoms in total. The highest BCUT2D eigenvalue weighted by Crippen LogP contribution is 2.45. The number of amides is 1. The molecule has 5 rings (SSSR count). The maximum atomic E-state index is 12.5. The molecule has 1 unspecified atom stereocenters. The molecule has 5 atom stereocenters. The standard InChI is InChI=1S/C33H42N4O6S2/c1-6-23-19(5)26(37-33(23)43-45-33)13-24-16(2)20(7-9-30(38)39)27(34-24)15-28-21(8-10-31(40)41)17(3)25(35-28)14-29-22(11-12-44)18(4)32(42)36-29/h6,14-15,18,22,24,26,34-35,37,44H,1,7-13H2,2-5H3,(H,36,42)(H,38,39)(H,40,41)/p+1/b27-15+,29-14+/t18-,22-,24?,26-,33+/m1/s1. The number of aliphatic carboxylic acids is 2. The quantitative estimate of drug-likeness (QED) is 0.0950. The average molecular weight is 656 g/mol. The zero-order valence-electron chi connectivity index (χ0n) is 26.1. The second-order valence-corrected chi connectivity index (χ2v) is 13.8. The van der Waals surface area contributed by atoms with Crippen molar-refractivity contribution < 1.29 is 28.8 Å². The lowest BCUT2D eigenvalue weighted by atomic mass is 9.91. The Balaban J connectivity index is 1.50. The monoisotopic (exact) mass is 655 g/mol. The van der Waals surface area contributed by atoms with Gasteiger partial charge in [-0.1, -0.05) is 23.8 Å². The summed E-state index contributed by atoms with van der Waals surface area (Å²) in [5.41, 5.74) is 9.31. The number of hydrogen-bond acceptors (Lipinski definition) is 7. The van der Waals surface area contributed by atoms with Gasteiger partial charge in [0.2, 0.25) is 17.9 Å². The molecular formula is C33H43N4O6S2+. The van der Waals surface area contributed by atoms with Crippen LogP contribution in [0.1, 0.15) is 75.4 Å². The van der Waals surface area contributed by atoms with E-state index in [2.05, 4.69) is 47.1 Å². The minimum atomic E-state index is -0.889. The average Bonchev–Trinajstić information content (AvgIpc) is 3.41. The van der Waals surface area contributed by atoms with Crippen molar-refractivity contribution in [3.8, 4) is 0 Å². The predicted molar refractivity (Wildman–Crippen MR) is 180 cm³/mol. The molecule has 1 spiro atoms. The fourth-order valence-electron chi connectivity index (χ4n) is 6.87. The Morgan fingerprint density at radius 1 is 1.07 bits per heavy atom. The molecule has 4 aliphatic heterocycles. The zero-order valence-corrected chi connectivity index (χ0v) is 27.9. The predicted octanol–water partition coefficient (Wildman–Crippen LogP) is 4.16. The molecule has 12 heteroatoms. The van der Waals surface area contributed by atoms with Gasteiger partial charge >= 0.3 is 17.0 Å². The Hall–Kier alpha value is -3.19. The molecule has 0 radical (unpaired) electrons. The van der Waals surface area contributed by atoms with Crippen LogP contribution in [0, 0.1) is 18.8 Å². The maximum Gasteiger partial charge on any atom is 0.388 e. The summed E-state index contributed by atoms with van der Waals surface area (Å²) in [4.78, 5) is 39.2. The number of carboxylic acid groups (broad SMARTS) is 2. The van der Waals surface area contributed by atoms with Crippen LogP contribution < -0.4 is 16.0 Å². The molecule has 0 saturated carbocycles. The summed E-state index contributed by atoms with van der Waals surface area (Å²) >= 11 is 5.27. The lowest BCUT2D eigenvalue weighted by Gasteiger charge is -2.20. The van der Waals surface area contributed by atoms with Crippen LogP contribution in [0.2, 0.25) is 0 Å². The van der Waals surface area contributed by atoms with Crippen LogP contribution in [-0.4, -0.2) is 55.9 Å². The number of nitrogens with one attached hydrogen (secondary N) is 4. The van der Waals surface area contributed by atoms with Gasteiger partial charge in [0.05, 0.1) is 5.57 Å². The molecule has 45 heavy (non-hydrogen) atoms. The Morgan fingerprint density at radius 2 is 1.76 bits per heavy atom. The Labute approximate surface area is 273 Å². The van der Waals surface area contributed by atoms with Gasteiger partial charge in [-0.3, -0.25) is 14.4 Å². The van der Waals surface area contributed by atoms with E-state index in [-0.39, 0.29) is 42.7 Å². The smallest absolute Gasteiger partial charge is 0.388 e. The zero-order chi connectivity index (χ0) is 32.6. The fraction of sp³-hybridized carbons (Fsp3) is 0.485. The molecule has 5 heterocycles. The summed E-state index contributed by atoms with van der Waals surface area (Å²) in [6.45, 7) is 12.0. The van der Waals surface area contributed by atoms with E-state index in [4.69, 9.17) is 4.18 Å². The first-order valence-corrected chi connectivity index (χ1v) is 16.8. The Bertz CT molecular complexity index is 1550. The van der Waals surface area contributed by atoms with E-state index in [1.807, 2.05) is 39.0 Å². The molecule has 2 fully saturated rings. The summed E-state index contributed by atoms with van der Waals surface area (Å²) in [5.74, 6) is -1.26. The fourth-order valence-corrected chi connectivity index (χ4v) is 7.96. The number of hydrogen-bond donors (Lipinski definition) is 7. The largest absolute Gasteiger partial charge is 0.481 e. The third kappa shape index (κ3) is 6.70. The van der Waals surface area contributed by atoms with Crippen molar-refractivity contribution in [2.75, 3.05) is 5.75 Å². The first-order chi connectivity index (χ1) is 21.4. The normalized spacial score (nSPS) is 29.3. The van der Waals surface area contributed by atoms with Gasteiger partial charge < -0.3 is 25.8 Å². The van der Waals surface area contributed by atoms with Crippen LogP contribution in [0.15, 0.2) is 46.3 Å². The van der Waals surface area contributed by atoms with Crippen molar-refractivity contribution in [2.45, 2.75) is 83.4 Å². The van der Waals surface area contributed by atoms with Crippen LogP contribution in [-0.2, 0) is 37.0 Å². The van der Waals surface area contributed by atoms with Crippen LogP contribution in [0.5, 0.6) is 0 Å². The van der Waals surface area contributed by atoms with Crippen LogP contribution in [0.3, 0.4) is 0 Å². The number of thiol groups is 2. The van der Waals surface area contributed by atoms with E-state index >= 15 is 0 Å². The van der Waals surface area contributed by atoms with Crippen molar-refractivity contribution in [3.05, 3.63) is 68.9 Å². The van der Waals surface area contributed by atoms with Gasteiger partial charge in [-0.05, 0) is 92.2 Å². The van der Waals surface area contributed by atoms with Gasteiger partial charge in [-0.15, -0.1) is 0 Å². The highest BCUT2D eigenvalue weighted by atomic mass is 32.2. The van der Waals surface area contributed by atoms with E-state index in [0.717, 1.165) is 75.5 Å². The summed E-state index contributed by atoms with van der Waals surface area (Å²) < 4.78 is 5.73. The number of carbonyl (C=O) groups excluding carboxylic acids is 1. The molecule has 2 saturated heterocycles. The lowest BCUT2D eigenvalue weighted by molar-refractivity contribution is -0.138. The number of carboxylic acids is 2. The van der Waals surface area contributed by atoms with Gasteiger partial charge in [0, 0.05) is 59.5 Å². The summed E-state index contributed by atoms with van der Waals surface area (Å²) in [5, 5.41) is 28.9. The van der Waals surface area contributed by atoms with Crippen LogP contribution in [0.25, 0.3) is 12.2 Å². The number of rotatable bonds is 13. The van der Waals surface area contributed by atoms with Gasteiger partial charge in [0.15, 0.2) is 0 Å². The van der Waals surface area contributed by atoms with Crippen molar-refractivity contribution >= 4 is 54.7 Å². The van der Waals surface area contributed by atoms with Crippen molar-refractivity contribution in [3.63, 3.8) is 0 Å². The number of aromatic amines is 1. The number of allylic oxidation sites excluding steroid dienone is 2. The minimum absolute atomic E-state index is 0.00709. The van der Waals surface area contributed by atoms with Gasteiger partial charge in [-0.25, -0.2) is 5.32 Å². The van der Waals surface area contributed by atoms with Gasteiger partial charge in [0.1, 0.15) is 0 Å². The molecule has 1 amide bonds. The number of H-pyrrole nitrogens is 1. The van der Waals surface area contributed by atoms with E-state index < -0.39 is 17.0 Å². The second-order valence-electron chi connectivity index (χ2n) is 12.3. The van der Waals surface area contributed by atoms with Gasteiger partial charge in [0.25, 0.3) is 0 Å². The van der Waals surface area contributed by atoms with Crippen molar-refractivity contribution in [2.24, 2.45) is 11.8 Å². The van der Waals surface area contributed by atoms with Crippen LogP contribution >= 0.6 is 12.6 Å². The third-order valence-electron chi connectivity index (χ3n) is 9.63. The van der Waals surface area contributed by atoms with E-state index in [0.29, 0.717) is 18.6 Å². The summed E-state index contributed by atoms with van der Waals surface area (Å²) in [6.07, 6.45) is 7.93. The van der Waals surface area contributed by atoms with E-state index in [1.165, 1.54) is 5.57 Å². The lowest BCUT2D eigenvalue weighted by Crippen LogP contribution is -2.39. The first-order valence-electron chi connectivity index (χ1n) is 15.4. The second kappa shape index (κ2) is 13.3. The minimum Gasteiger partial charge on any atom is -0.481 e. The first kappa shape index (κ1) is 33.2. The van der Waals surface area contributed by atoms with E-state index in [9.17, 15) is 24.6 Å². The molecule has 242 valence electrons. The highest BCUT2D eigenvalue weighted by Gasteiger charge is 2.67.